The predicted molar refractivity (Wildman–Crippen MR) is 74.7 cm³/mol. The number of nitrogens with zero attached hydrogens (tertiary/aromatic N) is 1. The Hall–Kier alpha value is -1.21. The molecule has 0 aromatic rings. The highest BCUT2D eigenvalue weighted by molar-refractivity contribution is 5.68. The number of hydrogen-bond donors (Lipinski definition) is 1. The number of likely N-dealkylation sites (tertiary alicyclic amines) is 1. The SMILES string of the molecule is CC(C)(C)C#C[C@H]1C[C@H](OC(=O)N2CCCC2)CN1. The van der Waals surface area contributed by atoms with Crippen LogP contribution in [0.2, 0.25) is 0 Å². The van der Waals surface area contributed by atoms with E-state index in [4.69, 9.17) is 4.74 Å². The lowest BCUT2D eigenvalue weighted by atomic mass is 9.97. The fourth-order valence-corrected chi connectivity index (χ4v) is 2.32. The third-order valence-electron chi connectivity index (χ3n) is 3.34. The molecule has 1 amide bonds. The zero-order valence-corrected chi connectivity index (χ0v) is 12.2. The molecule has 2 aliphatic rings. The van der Waals surface area contributed by atoms with E-state index in [1.165, 1.54) is 0 Å². The van der Waals surface area contributed by atoms with Crippen molar-refractivity contribution in [1.82, 2.24) is 10.2 Å². The first kappa shape index (κ1) is 14.2. The topological polar surface area (TPSA) is 41.6 Å². The Morgan fingerprint density at radius 2 is 2.00 bits per heavy atom. The maximum atomic E-state index is 11.9. The van der Waals surface area contributed by atoms with Crippen LogP contribution >= 0.6 is 0 Å². The number of carbonyl (C=O) groups excluding carboxylic acids is 1. The van der Waals surface area contributed by atoms with Gasteiger partial charge in [0.05, 0.1) is 6.04 Å². The first-order valence-corrected chi connectivity index (χ1v) is 7.16. The molecule has 4 nitrogen and oxygen atoms in total. The summed E-state index contributed by atoms with van der Waals surface area (Å²) in [5, 5.41) is 3.31. The van der Waals surface area contributed by atoms with Crippen molar-refractivity contribution in [1.29, 1.82) is 0 Å². The van der Waals surface area contributed by atoms with Gasteiger partial charge in [0.1, 0.15) is 6.10 Å². The quantitative estimate of drug-likeness (QED) is 0.737. The Bertz CT molecular complexity index is 383. The molecule has 4 heteroatoms. The van der Waals surface area contributed by atoms with Gasteiger partial charge in [0.15, 0.2) is 0 Å². The van der Waals surface area contributed by atoms with E-state index in [-0.39, 0.29) is 23.7 Å². The molecule has 2 aliphatic heterocycles. The summed E-state index contributed by atoms with van der Waals surface area (Å²) in [5.74, 6) is 6.46. The Kier molecular flexibility index (Phi) is 4.36. The summed E-state index contributed by atoms with van der Waals surface area (Å²) in [5.41, 5.74) is 0.0198. The maximum Gasteiger partial charge on any atom is 0.410 e. The van der Waals surface area contributed by atoms with E-state index in [0.29, 0.717) is 6.54 Å². The molecule has 0 saturated carbocycles. The van der Waals surface area contributed by atoms with Crippen LogP contribution in [-0.2, 0) is 4.74 Å². The molecule has 2 heterocycles. The van der Waals surface area contributed by atoms with Gasteiger partial charge in [-0.25, -0.2) is 4.79 Å². The van der Waals surface area contributed by atoms with Crippen LogP contribution < -0.4 is 5.32 Å². The van der Waals surface area contributed by atoms with Crippen molar-refractivity contribution in [3.05, 3.63) is 0 Å². The Morgan fingerprint density at radius 3 is 2.63 bits per heavy atom. The van der Waals surface area contributed by atoms with Gasteiger partial charge in [0.25, 0.3) is 0 Å². The fourth-order valence-electron chi connectivity index (χ4n) is 2.32. The average Bonchev–Trinajstić information content (AvgIpc) is 2.96. The van der Waals surface area contributed by atoms with Crippen LogP contribution in [-0.4, -0.2) is 42.8 Å². The van der Waals surface area contributed by atoms with Gasteiger partial charge >= 0.3 is 6.09 Å². The summed E-state index contributed by atoms with van der Waals surface area (Å²) in [6.07, 6.45) is 2.79. The highest BCUT2D eigenvalue weighted by Gasteiger charge is 2.28. The lowest BCUT2D eigenvalue weighted by molar-refractivity contribution is 0.0763. The van der Waals surface area contributed by atoms with Crippen LogP contribution in [0.15, 0.2) is 0 Å². The molecule has 0 bridgehead atoms. The summed E-state index contributed by atoms with van der Waals surface area (Å²) in [4.78, 5) is 13.7. The Labute approximate surface area is 115 Å². The van der Waals surface area contributed by atoms with Crippen molar-refractivity contribution < 1.29 is 9.53 Å². The number of rotatable bonds is 1. The van der Waals surface area contributed by atoms with E-state index >= 15 is 0 Å². The van der Waals surface area contributed by atoms with Crippen molar-refractivity contribution >= 4 is 6.09 Å². The first-order chi connectivity index (χ1) is 8.94. The Morgan fingerprint density at radius 1 is 1.32 bits per heavy atom. The van der Waals surface area contributed by atoms with Gasteiger partial charge in [-0.05, 0) is 33.6 Å². The average molecular weight is 264 g/mol. The second-order valence-electron chi connectivity index (χ2n) is 6.42. The molecule has 19 heavy (non-hydrogen) atoms. The number of ether oxygens (including phenoxy) is 1. The van der Waals surface area contributed by atoms with Gasteiger partial charge in [-0.3, -0.25) is 5.32 Å². The normalized spacial score (nSPS) is 27.0. The monoisotopic (exact) mass is 264 g/mol. The largest absolute Gasteiger partial charge is 0.445 e. The summed E-state index contributed by atoms with van der Waals surface area (Å²) in [7, 11) is 0. The molecular formula is C15H24N2O2. The molecule has 2 fully saturated rings. The van der Waals surface area contributed by atoms with Crippen LogP contribution in [0.1, 0.15) is 40.0 Å². The summed E-state index contributed by atoms with van der Waals surface area (Å²) in [6, 6.07) is 0.149. The number of carbonyl (C=O) groups is 1. The molecule has 0 aromatic heterocycles. The third kappa shape index (κ3) is 4.43. The van der Waals surface area contributed by atoms with Crippen LogP contribution in [0.25, 0.3) is 0 Å². The van der Waals surface area contributed by atoms with Crippen molar-refractivity contribution in [3.8, 4) is 11.8 Å². The molecule has 0 unspecified atom stereocenters. The Balaban J connectivity index is 1.78. The summed E-state index contributed by atoms with van der Waals surface area (Å²) in [6.45, 7) is 8.68. The van der Waals surface area contributed by atoms with E-state index in [1.54, 1.807) is 4.90 Å². The zero-order chi connectivity index (χ0) is 13.9. The second kappa shape index (κ2) is 5.83. The predicted octanol–water partition coefficient (Wildman–Crippen LogP) is 2.00. The molecule has 0 aliphatic carbocycles. The minimum Gasteiger partial charge on any atom is -0.445 e. The molecule has 0 spiro atoms. The zero-order valence-electron chi connectivity index (χ0n) is 12.2. The van der Waals surface area contributed by atoms with Gasteiger partial charge in [-0.15, -0.1) is 0 Å². The lowest BCUT2D eigenvalue weighted by Gasteiger charge is -2.18. The van der Waals surface area contributed by atoms with Crippen molar-refractivity contribution in [2.45, 2.75) is 52.2 Å². The number of hydrogen-bond acceptors (Lipinski definition) is 3. The van der Waals surface area contributed by atoms with E-state index in [0.717, 1.165) is 32.4 Å². The van der Waals surface area contributed by atoms with Gasteiger partial charge in [0.2, 0.25) is 0 Å². The number of nitrogens with one attached hydrogen (secondary N) is 1. The molecule has 1 N–H and O–H groups in total. The van der Waals surface area contributed by atoms with E-state index < -0.39 is 0 Å². The fraction of sp³-hybridized carbons (Fsp3) is 0.800. The summed E-state index contributed by atoms with van der Waals surface area (Å²) >= 11 is 0. The van der Waals surface area contributed by atoms with Gasteiger partial charge in [-0.2, -0.15) is 0 Å². The van der Waals surface area contributed by atoms with Crippen molar-refractivity contribution in [3.63, 3.8) is 0 Å². The molecular weight excluding hydrogens is 240 g/mol. The van der Waals surface area contributed by atoms with Crippen LogP contribution in [0, 0.1) is 17.3 Å². The van der Waals surface area contributed by atoms with Gasteiger partial charge in [0, 0.05) is 31.5 Å². The van der Waals surface area contributed by atoms with E-state index in [9.17, 15) is 4.79 Å². The summed E-state index contributed by atoms with van der Waals surface area (Å²) < 4.78 is 5.51. The third-order valence-corrected chi connectivity index (χ3v) is 3.34. The molecule has 2 rings (SSSR count). The molecule has 2 saturated heterocycles. The molecule has 0 radical (unpaired) electrons. The van der Waals surface area contributed by atoms with Crippen molar-refractivity contribution in [2.75, 3.05) is 19.6 Å². The number of amides is 1. The second-order valence-corrected chi connectivity index (χ2v) is 6.42. The van der Waals surface area contributed by atoms with E-state index in [1.807, 2.05) is 0 Å². The van der Waals surface area contributed by atoms with E-state index in [2.05, 4.69) is 37.9 Å². The minimum absolute atomic E-state index is 0.0198. The van der Waals surface area contributed by atoms with Crippen molar-refractivity contribution in [2.24, 2.45) is 5.41 Å². The smallest absolute Gasteiger partial charge is 0.410 e. The van der Waals surface area contributed by atoms with Crippen LogP contribution in [0.4, 0.5) is 4.79 Å². The minimum atomic E-state index is -0.159. The molecule has 0 aromatic carbocycles. The maximum absolute atomic E-state index is 11.9. The molecule has 106 valence electrons. The molecule has 2 atom stereocenters. The van der Waals surface area contributed by atoms with Crippen LogP contribution in [0.3, 0.4) is 0 Å². The van der Waals surface area contributed by atoms with Crippen LogP contribution in [0.5, 0.6) is 0 Å². The highest BCUT2D eigenvalue weighted by Crippen LogP contribution is 2.16. The highest BCUT2D eigenvalue weighted by atomic mass is 16.6. The van der Waals surface area contributed by atoms with Gasteiger partial charge in [-0.1, -0.05) is 11.8 Å². The standard InChI is InChI=1S/C15H24N2O2/c1-15(2,3)7-6-12-10-13(11-16-12)19-14(18)17-8-4-5-9-17/h12-13,16H,4-5,8-11H2,1-3H3/t12-,13-/m0/s1. The lowest BCUT2D eigenvalue weighted by Crippen LogP contribution is -2.32. The van der Waals surface area contributed by atoms with Gasteiger partial charge < -0.3 is 9.64 Å². The first-order valence-electron chi connectivity index (χ1n) is 7.16.